The minimum Gasteiger partial charge on any atom is -0.493 e. The number of aliphatic hydroxyl groups excluding tert-OH is 1. The Morgan fingerprint density at radius 3 is 2.50 bits per heavy atom. The van der Waals surface area contributed by atoms with Crippen molar-refractivity contribution in [3.8, 4) is 5.75 Å². The number of nitrogens with one attached hydrogen (secondary N) is 2. The first-order valence-electron chi connectivity index (χ1n) is 16.5. The topological polar surface area (TPSA) is 111 Å². The van der Waals surface area contributed by atoms with Gasteiger partial charge in [-0.2, -0.15) is 0 Å². The molecule has 2 atom stereocenters. The second-order valence-corrected chi connectivity index (χ2v) is 12.1. The zero-order valence-corrected chi connectivity index (χ0v) is 26.4. The first-order chi connectivity index (χ1) is 21.4. The van der Waals surface area contributed by atoms with Crippen molar-refractivity contribution in [2.45, 2.75) is 103 Å². The van der Waals surface area contributed by atoms with E-state index < -0.39 is 12.1 Å². The molecule has 1 heterocycles. The summed E-state index contributed by atoms with van der Waals surface area (Å²) in [6, 6.07) is 14.3. The molecule has 1 saturated heterocycles. The standard InChI is InChI=1S/C35H50N4O5/c1-3-5-12-20-44-30-23-27(22-29(24-30)39-19-13-18-33(39)41)34(42)37-31(21-26-14-8-6-9-15-26)32(40)25-38(4-2)35(43)36-28-16-10-7-11-17-28/h6,8-9,14-15,22-24,28,31-32,40H,3-5,7,10-13,16-21,25H2,1-2H3,(H,36,43)(H,37,42). The SMILES string of the molecule is CCCCCOc1cc(C(=O)NC(Cc2ccccc2)C(O)CN(CC)C(=O)NC2CCCCC2)cc(N2CCCC2=O)c1. The number of likely N-dealkylation sites (N-methyl/N-ethyl adjacent to an activating group) is 1. The summed E-state index contributed by atoms with van der Waals surface area (Å²) in [5.41, 5.74) is 1.96. The summed E-state index contributed by atoms with van der Waals surface area (Å²) in [6.07, 6.45) is 9.04. The van der Waals surface area contributed by atoms with Crippen molar-refractivity contribution in [2.24, 2.45) is 0 Å². The number of unbranched alkanes of at least 4 members (excludes halogenated alkanes) is 2. The van der Waals surface area contributed by atoms with Gasteiger partial charge < -0.3 is 30.3 Å². The highest BCUT2D eigenvalue weighted by Crippen LogP contribution is 2.28. The summed E-state index contributed by atoms with van der Waals surface area (Å²) in [4.78, 5) is 42.8. The van der Waals surface area contributed by atoms with E-state index in [2.05, 4.69) is 17.6 Å². The molecule has 2 aliphatic rings. The van der Waals surface area contributed by atoms with Gasteiger partial charge in [0.05, 0.1) is 25.3 Å². The van der Waals surface area contributed by atoms with Gasteiger partial charge in [0.2, 0.25) is 5.91 Å². The molecule has 3 N–H and O–H groups in total. The molecular weight excluding hydrogens is 556 g/mol. The molecule has 44 heavy (non-hydrogen) atoms. The molecule has 1 aliphatic carbocycles. The number of aliphatic hydroxyl groups is 1. The number of ether oxygens (including phenoxy) is 1. The van der Waals surface area contributed by atoms with Crippen molar-refractivity contribution in [1.82, 2.24) is 15.5 Å². The molecule has 9 heteroatoms. The third kappa shape index (κ3) is 9.71. The molecule has 2 aromatic rings. The molecule has 2 fully saturated rings. The molecule has 9 nitrogen and oxygen atoms in total. The third-order valence-corrected chi connectivity index (χ3v) is 8.64. The van der Waals surface area contributed by atoms with Gasteiger partial charge in [0.15, 0.2) is 0 Å². The largest absolute Gasteiger partial charge is 0.493 e. The quantitative estimate of drug-likeness (QED) is 0.234. The van der Waals surface area contributed by atoms with Crippen LogP contribution < -0.4 is 20.3 Å². The van der Waals surface area contributed by atoms with Gasteiger partial charge in [-0.1, -0.05) is 69.4 Å². The van der Waals surface area contributed by atoms with Crippen LogP contribution in [0.4, 0.5) is 10.5 Å². The van der Waals surface area contributed by atoms with Crippen LogP contribution in [0, 0.1) is 0 Å². The van der Waals surface area contributed by atoms with E-state index in [1.165, 1.54) is 6.42 Å². The summed E-state index contributed by atoms with van der Waals surface area (Å²) in [7, 11) is 0. The fraction of sp³-hybridized carbons (Fsp3) is 0.571. The average molecular weight is 607 g/mol. The number of anilines is 1. The highest BCUT2D eigenvalue weighted by molar-refractivity contribution is 5.99. The highest BCUT2D eigenvalue weighted by atomic mass is 16.5. The van der Waals surface area contributed by atoms with Gasteiger partial charge in [-0.25, -0.2) is 4.79 Å². The molecule has 1 saturated carbocycles. The van der Waals surface area contributed by atoms with Crippen molar-refractivity contribution in [3.63, 3.8) is 0 Å². The van der Waals surface area contributed by atoms with E-state index in [-0.39, 0.29) is 30.4 Å². The van der Waals surface area contributed by atoms with Crippen molar-refractivity contribution in [1.29, 1.82) is 0 Å². The van der Waals surface area contributed by atoms with E-state index >= 15 is 0 Å². The van der Waals surface area contributed by atoms with Gasteiger partial charge in [0.1, 0.15) is 5.75 Å². The Balaban J connectivity index is 1.52. The molecule has 240 valence electrons. The smallest absolute Gasteiger partial charge is 0.317 e. The predicted molar refractivity (Wildman–Crippen MR) is 173 cm³/mol. The van der Waals surface area contributed by atoms with Crippen LogP contribution in [0.3, 0.4) is 0 Å². The van der Waals surface area contributed by atoms with E-state index in [4.69, 9.17) is 4.74 Å². The van der Waals surface area contributed by atoms with Crippen LogP contribution in [-0.2, 0) is 11.2 Å². The number of nitrogens with zero attached hydrogens (tertiary/aromatic N) is 2. The zero-order valence-electron chi connectivity index (χ0n) is 26.4. The molecule has 0 spiro atoms. The summed E-state index contributed by atoms with van der Waals surface area (Å²) >= 11 is 0. The Kier molecular flexibility index (Phi) is 12.9. The van der Waals surface area contributed by atoms with Crippen LogP contribution in [-0.4, -0.2) is 72.3 Å². The number of carbonyl (C=O) groups excluding carboxylic acids is 3. The second-order valence-electron chi connectivity index (χ2n) is 12.1. The lowest BCUT2D eigenvalue weighted by molar-refractivity contribution is -0.117. The van der Waals surface area contributed by atoms with E-state index in [9.17, 15) is 19.5 Å². The summed E-state index contributed by atoms with van der Waals surface area (Å²) in [6.45, 7) is 5.67. The van der Waals surface area contributed by atoms with Gasteiger partial charge in [-0.3, -0.25) is 9.59 Å². The Morgan fingerprint density at radius 2 is 1.82 bits per heavy atom. The number of carbonyl (C=O) groups is 3. The summed E-state index contributed by atoms with van der Waals surface area (Å²) < 4.78 is 6.02. The fourth-order valence-corrected chi connectivity index (χ4v) is 6.04. The maximum atomic E-state index is 13.8. The average Bonchev–Trinajstić information content (AvgIpc) is 3.48. The highest BCUT2D eigenvalue weighted by Gasteiger charge is 2.28. The first kappa shape index (κ1) is 33.3. The monoisotopic (exact) mass is 606 g/mol. The van der Waals surface area contributed by atoms with Crippen molar-refractivity contribution < 1.29 is 24.2 Å². The number of amides is 4. The van der Waals surface area contributed by atoms with Crippen molar-refractivity contribution in [3.05, 3.63) is 59.7 Å². The predicted octanol–water partition coefficient (Wildman–Crippen LogP) is 5.45. The Labute approximate surface area is 262 Å². The van der Waals surface area contributed by atoms with Gasteiger partial charge in [0.25, 0.3) is 5.91 Å². The molecule has 2 unspecified atom stereocenters. The molecule has 4 amide bonds. The Hall–Kier alpha value is -3.59. The molecule has 0 bridgehead atoms. The minimum atomic E-state index is -1.01. The Bertz CT molecular complexity index is 1220. The lowest BCUT2D eigenvalue weighted by atomic mass is 9.96. The van der Waals surface area contributed by atoms with E-state index in [0.29, 0.717) is 49.5 Å². The minimum absolute atomic E-state index is 0.0306. The number of urea groups is 1. The third-order valence-electron chi connectivity index (χ3n) is 8.64. The van der Waals surface area contributed by atoms with Gasteiger partial charge in [0, 0.05) is 42.9 Å². The van der Waals surface area contributed by atoms with E-state index in [0.717, 1.165) is 56.9 Å². The van der Waals surface area contributed by atoms with Crippen LogP contribution in [0.25, 0.3) is 0 Å². The first-order valence-corrected chi connectivity index (χ1v) is 16.5. The molecule has 0 radical (unpaired) electrons. The van der Waals surface area contributed by atoms with Gasteiger partial charge >= 0.3 is 6.03 Å². The lowest BCUT2D eigenvalue weighted by Gasteiger charge is -2.32. The number of hydrogen-bond acceptors (Lipinski definition) is 5. The lowest BCUT2D eigenvalue weighted by Crippen LogP contribution is -2.53. The van der Waals surface area contributed by atoms with Gasteiger partial charge in [-0.15, -0.1) is 0 Å². The van der Waals surface area contributed by atoms with Crippen LogP contribution in [0.15, 0.2) is 48.5 Å². The maximum Gasteiger partial charge on any atom is 0.317 e. The molecule has 4 rings (SSSR count). The van der Waals surface area contributed by atoms with Crippen LogP contribution in [0.2, 0.25) is 0 Å². The molecular formula is C35H50N4O5. The number of benzene rings is 2. The molecule has 0 aromatic heterocycles. The fourth-order valence-electron chi connectivity index (χ4n) is 6.04. The van der Waals surface area contributed by atoms with Gasteiger partial charge in [-0.05, 0) is 56.7 Å². The molecule has 1 aliphatic heterocycles. The van der Waals surface area contributed by atoms with Crippen LogP contribution >= 0.6 is 0 Å². The van der Waals surface area contributed by atoms with Crippen LogP contribution in [0.5, 0.6) is 5.75 Å². The molecule has 2 aromatic carbocycles. The second kappa shape index (κ2) is 17.0. The number of rotatable bonds is 15. The number of hydrogen-bond donors (Lipinski definition) is 3. The van der Waals surface area contributed by atoms with E-state index in [1.54, 1.807) is 21.9 Å². The normalized spacial score (nSPS) is 16.8. The van der Waals surface area contributed by atoms with Crippen LogP contribution in [0.1, 0.15) is 94.0 Å². The zero-order chi connectivity index (χ0) is 31.3. The maximum absolute atomic E-state index is 13.8. The van der Waals surface area contributed by atoms with E-state index in [1.807, 2.05) is 43.3 Å². The van der Waals surface area contributed by atoms with Crippen molar-refractivity contribution >= 4 is 23.5 Å². The summed E-state index contributed by atoms with van der Waals surface area (Å²) in [5.74, 6) is 0.203. The van der Waals surface area contributed by atoms with Crippen molar-refractivity contribution in [2.75, 3.05) is 31.1 Å². The Morgan fingerprint density at radius 1 is 1.05 bits per heavy atom. The summed E-state index contributed by atoms with van der Waals surface area (Å²) in [5, 5.41) is 17.7.